The Balaban J connectivity index is 1.47. The zero-order valence-electron chi connectivity index (χ0n) is 21.5. The summed E-state index contributed by atoms with van der Waals surface area (Å²) in [4.78, 5) is 26.4. The molecule has 3 saturated carbocycles. The van der Waals surface area contributed by atoms with Crippen LogP contribution in [0.1, 0.15) is 66.2 Å². The van der Waals surface area contributed by atoms with Crippen LogP contribution in [0.5, 0.6) is 0 Å². The number of β-lactam (4-membered cyclic amide) rings is 1. The Morgan fingerprint density at radius 1 is 1.33 bits per heavy atom. The molecule has 0 aromatic rings. The third kappa shape index (κ3) is 4.27. The van der Waals surface area contributed by atoms with Gasteiger partial charge in [-0.1, -0.05) is 44.8 Å². The van der Waals surface area contributed by atoms with E-state index in [1.54, 1.807) is 4.90 Å². The van der Waals surface area contributed by atoms with Gasteiger partial charge in [-0.2, -0.15) is 7.05 Å². The van der Waals surface area contributed by atoms with Crippen molar-refractivity contribution in [2.24, 2.45) is 35.5 Å². The van der Waals surface area contributed by atoms with Gasteiger partial charge >= 0.3 is 0 Å². The molecular formula is C27H44N3O3-. The van der Waals surface area contributed by atoms with Crippen molar-refractivity contribution in [3.05, 3.63) is 17.5 Å². The summed E-state index contributed by atoms with van der Waals surface area (Å²) in [5, 5.41) is 8.36. The van der Waals surface area contributed by atoms with E-state index >= 15 is 0 Å². The molecule has 0 bridgehead atoms. The smallest absolute Gasteiger partial charge is 0.254 e. The lowest BCUT2D eigenvalue weighted by Gasteiger charge is -2.69. The van der Waals surface area contributed by atoms with E-state index in [2.05, 4.69) is 39.6 Å². The van der Waals surface area contributed by atoms with Crippen molar-refractivity contribution >= 4 is 11.8 Å². The second-order valence-electron chi connectivity index (χ2n) is 12.1. The Bertz CT molecular complexity index is 795. The minimum Gasteiger partial charge on any atom is -0.659 e. The van der Waals surface area contributed by atoms with Gasteiger partial charge in [-0.15, -0.1) is 5.54 Å². The van der Waals surface area contributed by atoms with Crippen molar-refractivity contribution in [3.8, 4) is 0 Å². The number of amides is 2. The summed E-state index contributed by atoms with van der Waals surface area (Å²) in [6, 6.07) is 0. The quantitative estimate of drug-likeness (QED) is 0.460. The molecule has 33 heavy (non-hydrogen) atoms. The molecule has 1 saturated heterocycles. The summed E-state index contributed by atoms with van der Waals surface area (Å²) in [6.07, 6.45) is 6.55. The Labute approximate surface area is 200 Å². The summed E-state index contributed by atoms with van der Waals surface area (Å²) in [7, 11) is 3.58. The number of allylic oxidation sites excluding steroid dienone is 1. The number of hydrogen-bond donors (Lipinski definition) is 1. The van der Waals surface area contributed by atoms with Gasteiger partial charge in [0.05, 0.1) is 13.1 Å². The molecule has 8 atom stereocenters. The first-order valence-corrected chi connectivity index (χ1v) is 12.9. The van der Waals surface area contributed by atoms with Crippen LogP contribution in [0.3, 0.4) is 0 Å². The van der Waals surface area contributed by atoms with Crippen LogP contribution < -0.4 is 5.32 Å². The monoisotopic (exact) mass is 458 g/mol. The van der Waals surface area contributed by atoms with Gasteiger partial charge in [0.1, 0.15) is 0 Å². The molecule has 1 heterocycles. The van der Waals surface area contributed by atoms with Gasteiger partial charge in [0.15, 0.2) is 6.10 Å². The average molecular weight is 459 g/mol. The molecule has 0 unspecified atom stereocenters. The fourth-order valence-electron chi connectivity index (χ4n) is 8.17. The number of rotatable bonds is 7. The van der Waals surface area contributed by atoms with E-state index in [1.807, 2.05) is 7.05 Å². The highest BCUT2D eigenvalue weighted by Gasteiger charge is 2.55. The normalized spacial score (nSPS) is 40.8. The van der Waals surface area contributed by atoms with Gasteiger partial charge in [0.2, 0.25) is 5.91 Å². The van der Waals surface area contributed by atoms with Crippen LogP contribution in [0.25, 0.3) is 5.32 Å². The number of carbonyl (C=O) groups is 2. The summed E-state index contributed by atoms with van der Waals surface area (Å²) >= 11 is 0. The van der Waals surface area contributed by atoms with E-state index in [-0.39, 0.29) is 35.5 Å². The third-order valence-corrected chi connectivity index (χ3v) is 9.70. The zero-order chi connectivity index (χ0) is 24.1. The number of carbonyl (C=O) groups excluding carboxylic acids is 2. The van der Waals surface area contributed by atoms with Crippen molar-refractivity contribution < 1.29 is 14.3 Å². The minimum atomic E-state index is -0.387. The summed E-state index contributed by atoms with van der Waals surface area (Å²) in [5.41, 5.74) is 1.16. The van der Waals surface area contributed by atoms with Gasteiger partial charge in [-0.05, 0) is 69.1 Å². The van der Waals surface area contributed by atoms with Gasteiger partial charge in [0.25, 0.3) is 5.91 Å². The Morgan fingerprint density at radius 3 is 2.70 bits per heavy atom. The number of hydrogen-bond acceptors (Lipinski definition) is 3. The number of nitrogens with one attached hydrogen (secondary N) is 1. The molecule has 6 nitrogen and oxygen atoms in total. The average Bonchev–Trinajstić information content (AvgIpc) is 2.75. The highest BCUT2D eigenvalue weighted by molar-refractivity contribution is 5.91. The molecule has 6 heteroatoms. The lowest BCUT2D eigenvalue weighted by molar-refractivity contribution is -0.161. The molecular weight excluding hydrogens is 414 g/mol. The molecule has 1 aliphatic heterocycles. The first-order valence-electron chi connectivity index (χ1n) is 12.9. The SMILES string of the molecule is C=C1CC[C@@]2([N-]C)[C@H]3[C@H](CC[C@@H]2C)[C@@H](C)C[C@@H](CC(C)(C)NC(=O)CN2C[C@H](OC)C2=O)[C@H]13. The number of ether oxygens (including phenoxy) is 1. The molecule has 0 radical (unpaired) electrons. The number of likely N-dealkylation sites (tertiary alicyclic amines) is 1. The van der Waals surface area contributed by atoms with E-state index in [9.17, 15) is 9.59 Å². The lowest BCUT2D eigenvalue weighted by Crippen LogP contribution is -2.62. The zero-order valence-corrected chi connectivity index (χ0v) is 21.5. The first kappa shape index (κ1) is 24.7. The molecule has 4 fully saturated rings. The fourth-order valence-corrected chi connectivity index (χ4v) is 8.17. The highest BCUT2D eigenvalue weighted by Crippen LogP contribution is 2.63. The fraction of sp³-hybridized carbons (Fsp3) is 0.852. The van der Waals surface area contributed by atoms with E-state index in [4.69, 9.17) is 10.1 Å². The molecule has 3 aliphatic carbocycles. The van der Waals surface area contributed by atoms with Crippen LogP contribution in [-0.4, -0.2) is 61.1 Å². The number of nitrogens with zero attached hydrogens (tertiary/aromatic N) is 2. The summed E-state index contributed by atoms with van der Waals surface area (Å²) < 4.78 is 5.10. The van der Waals surface area contributed by atoms with Crippen molar-refractivity contribution in [2.45, 2.75) is 83.4 Å². The molecule has 0 aromatic heterocycles. The molecule has 4 aliphatic rings. The number of methoxy groups -OCH3 is 1. The maximum atomic E-state index is 12.8. The maximum Gasteiger partial charge on any atom is 0.254 e. The molecule has 4 rings (SSSR count). The van der Waals surface area contributed by atoms with Crippen LogP contribution >= 0.6 is 0 Å². The standard InChI is InChI=1S/C27H44N3O3/c1-16-10-11-27(28-6)18(3)8-9-20-17(2)12-19(23(16)24(20)27)13-26(4,5)29-22(31)15-30-14-21(33-7)25(30)32/h17-21,23-24H,1,8-15H2,2-7H3,(H,29,31)/q-1/t17-,18-,19-,20+,21-,23-,24-,27-/m0/s1. The highest BCUT2D eigenvalue weighted by atomic mass is 16.5. The van der Waals surface area contributed by atoms with Gasteiger partial charge in [-0.25, -0.2) is 0 Å². The molecule has 0 aromatic carbocycles. The van der Waals surface area contributed by atoms with E-state index < -0.39 is 0 Å². The molecule has 2 amide bonds. The topological polar surface area (TPSA) is 72.7 Å². The predicted octanol–water partition coefficient (Wildman–Crippen LogP) is 4.16. The summed E-state index contributed by atoms with van der Waals surface area (Å²) in [5.74, 6) is 3.42. The maximum absolute atomic E-state index is 12.8. The van der Waals surface area contributed by atoms with Crippen LogP contribution in [0.2, 0.25) is 0 Å². The Kier molecular flexibility index (Phi) is 6.74. The Morgan fingerprint density at radius 2 is 2.06 bits per heavy atom. The predicted molar refractivity (Wildman–Crippen MR) is 131 cm³/mol. The largest absolute Gasteiger partial charge is 0.659 e. The molecule has 186 valence electrons. The van der Waals surface area contributed by atoms with Crippen LogP contribution in [-0.2, 0) is 14.3 Å². The van der Waals surface area contributed by atoms with E-state index in [0.717, 1.165) is 25.2 Å². The van der Waals surface area contributed by atoms with Crippen molar-refractivity contribution in [1.29, 1.82) is 0 Å². The minimum absolute atomic E-state index is 0.0868. The molecule has 0 spiro atoms. The van der Waals surface area contributed by atoms with E-state index in [0.29, 0.717) is 36.1 Å². The lowest BCUT2D eigenvalue weighted by atomic mass is 9.44. The van der Waals surface area contributed by atoms with Crippen LogP contribution in [0.4, 0.5) is 0 Å². The van der Waals surface area contributed by atoms with Crippen molar-refractivity contribution in [3.63, 3.8) is 0 Å². The van der Waals surface area contributed by atoms with Gasteiger partial charge in [0, 0.05) is 12.6 Å². The van der Waals surface area contributed by atoms with Gasteiger partial charge < -0.3 is 20.3 Å². The second kappa shape index (κ2) is 8.99. The van der Waals surface area contributed by atoms with Crippen molar-refractivity contribution in [1.82, 2.24) is 10.2 Å². The van der Waals surface area contributed by atoms with Crippen molar-refractivity contribution in [2.75, 3.05) is 27.2 Å². The van der Waals surface area contributed by atoms with Crippen LogP contribution in [0, 0.1) is 35.5 Å². The van der Waals surface area contributed by atoms with Crippen LogP contribution in [0.15, 0.2) is 12.2 Å². The van der Waals surface area contributed by atoms with Gasteiger partial charge in [-0.3, -0.25) is 9.59 Å². The second-order valence-corrected chi connectivity index (χ2v) is 12.1. The summed E-state index contributed by atoms with van der Waals surface area (Å²) in [6.45, 7) is 14.3. The van der Waals surface area contributed by atoms with E-state index in [1.165, 1.54) is 31.9 Å². The first-order chi connectivity index (χ1) is 15.5. The molecule has 1 N–H and O–H groups in total. The third-order valence-electron chi connectivity index (χ3n) is 9.70. The Hall–Kier alpha value is -1.40.